The number of hydrogen-bond acceptors (Lipinski definition) is 7. The van der Waals surface area contributed by atoms with Gasteiger partial charge in [0.15, 0.2) is 0 Å². The average molecular weight is 663 g/mol. The Kier molecular flexibility index (Phi) is 10.7. The van der Waals surface area contributed by atoms with Gasteiger partial charge in [-0.3, -0.25) is 14.4 Å². The highest BCUT2D eigenvalue weighted by atomic mass is 16.6. The Morgan fingerprint density at radius 1 is 0.854 bits per heavy atom. The standard InChI is InChI=1S/C38H50N2O8/c1-37-16-13-29-27(9-12-33-38(29,2)17-14-34(41)40-33)28(37)10-11-30(37)36(44)39-31-7-3-6-26-25(31)5-4-8-32(26)48-24-23-47-22-21-46-20-19-45-18-15-35(42)43/h3-8,14,17,27-30,33H,9-13,15-16,18-24H2,1-2H3,(H,39,44)(H,40,41)(H,42,43)/t27-,28-,29-,30+,33+,37-,38+/m0/s1. The quantitative estimate of drug-likeness (QED) is 0.210. The van der Waals surface area contributed by atoms with Crippen LogP contribution in [0.25, 0.3) is 10.8 Å². The molecular weight excluding hydrogens is 612 g/mol. The summed E-state index contributed by atoms with van der Waals surface area (Å²) in [6, 6.07) is 12.1. The van der Waals surface area contributed by atoms with E-state index in [0.29, 0.717) is 57.4 Å². The highest BCUT2D eigenvalue weighted by molar-refractivity contribution is 6.04. The van der Waals surface area contributed by atoms with Crippen molar-refractivity contribution in [2.75, 3.05) is 51.6 Å². The maximum atomic E-state index is 14.0. The molecule has 3 aliphatic carbocycles. The summed E-state index contributed by atoms with van der Waals surface area (Å²) < 4.78 is 22.4. The molecule has 1 heterocycles. The second-order valence-electron chi connectivity index (χ2n) is 14.4. The number of benzene rings is 2. The van der Waals surface area contributed by atoms with Crippen LogP contribution in [-0.2, 0) is 28.6 Å². The van der Waals surface area contributed by atoms with Gasteiger partial charge in [-0.05, 0) is 79.9 Å². The molecule has 2 aromatic rings. The zero-order valence-electron chi connectivity index (χ0n) is 28.2. The SMILES string of the molecule is C[C@]12C=CC(=O)N[C@@H]1CC[C@@H]1[C@@H]2CC[C@]2(C)[C@@H](C(=O)Nc3cccc4c(OCCOCCOCCOCCC(=O)O)cccc34)CC[C@@H]12. The van der Waals surface area contributed by atoms with E-state index in [4.69, 9.17) is 24.1 Å². The van der Waals surface area contributed by atoms with Crippen LogP contribution in [0.3, 0.4) is 0 Å². The zero-order chi connectivity index (χ0) is 33.7. The average Bonchev–Trinajstić information content (AvgIpc) is 3.43. The summed E-state index contributed by atoms with van der Waals surface area (Å²) in [5.41, 5.74) is 0.764. The Bertz CT molecular complexity index is 1510. The smallest absolute Gasteiger partial charge is 0.305 e. The van der Waals surface area contributed by atoms with Gasteiger partial charge in [-0.2, -0.15) is 0 Å². The molecule has 10 nitrogen and oxygen atoms in total. The van der Waals surface area contributed by atoms with Gasteiger partial charge in [0.1, 0.15) is 12.4 Å². The molecule has 260 valence electrons. The fourth-order valence-corrected chi connectivity index (χ4v) is 9.41. The van der Waals surface area contributed by atoms with Crippen molar-refractivity contribution in [1.29, 1.82) is 0 Å². The van der Waals surface area contributed by atoms with Crippen molar-refractivity contribution in [2.24, 2.45) is 34.5 Å². The van der Waals surface area contributed by atoms with E-state index in [1.165, 1.54) is 0 Å². The molecule has 2 aromatic carbocycles. The second-order valence-corrected chi connectivity index (χ2v) is 14.4. The van der Waals surface area contributed by atoms with Crippen LogP contribution in [0.4, 0.5) is 5.69 Å². The minimum atomic E-state index is -0.879. The first kappa shape index (κ1) is 34.4. The molecule has 0 saturated heterocycles. The minimum Gasteiger partial charge on any atom is -0.491 e. The van der Waals surface area contributed by atoms with Crippen molar-refractivity contribution < 1.29 is 38.4 Å². The van der Waals surface area contributed by atoms with Gasteiger partial charge in [-0.15, -0.1) is 0 Å². The van der Waals surface area contributed by atoms with E-state index >= 15 is 0 Å². The van der Waals surface area contributed by atoms with Crippen molar-refractivity contribution in [1.82, 2.24) is 5.32 Å². The fourth-order valence-electron chi connectivity index (χ4n) is 9.41. The number of amides is 2. The normalized spacial score (nSPS) is 30.6. The third-order valence-electron chi connectivity index (χ3n) is 11.8. The van der Waals surface area contributed by atoms with Crippen LogP contribution in [0.1, 0.15) is 58.8 Å². The van der Waals surface area contributed by atoms with Crippen molar-refractivity contribution in [3.05, 3.63) is 48.6 Å². The van der Waals surface area contributed by atoms with Gasteiger partial charge in [0.2, 0.25) is 11.8 Å². The van der Waals surface area contributed by atoms with Crippen molar-refractivity contribution in [3.8, 4) is 5.75 Å². The third-order valence-corrected chi connectivity index (χ3v) is 11.8. The van der Waals surface area contributed by atoms with E-state index in [1.54, 1.807) is 6.08 Å². The summed E-state index contributed by atoms with van der Waals surface area (Å²) >= 11 is 0. The Labute approximate surface area is 282 Å². The molecule has 7 atom stereocenters. The van der Waals surface area contributed by atoms with E-state index < -0.39 is 5.97 Å². The van der Waals surface area contributed by atoms with Gasteiger partial charge in [0, 0.05) is 33.8 Å². The van der Waals surface area contributed by atoms with Crippen molar-refractivity contribution >= 4 is 34.2 Å². The number of anilines is 1. The Balaban J connectivity index is 1.01. The first-order valence-corrected chi connectivity index (χ1v) is 17.6. The zero-order valence-corrected chi connectivity index (χ0v) is 28.2. The Morgan fingerprint density at radius 2 is 1.56 bits per heavy atom. The number of nitrogens with one attached hydrogen (secondary N) is 2. The van der Waals surface area contributed by atoms with Crippen LogP contribution in [0.15, 0.2) is 48.6 Å². The molecular formula is C38H50N2O8. The van der Waals surface area contributed by atoms with Crippen molar-refractivity contribution in [2.45, 2.75) is 64.8 Å². The van der Waals surface area contributed by atoms with Crippen LogP contribution >= 0.6 is 0 Å². The Hall–Kier alpha value is -3.47. The first-order valence-electron chi connectivity index (χ1n) is 17.6. The minimum absolute atomic E-state index is 0.00988. The molecule has 6 rings (SSSR count). The van der Waals surface area contributed by atoms with E-state index in [-0.39, 0.29) is 47.6 Å². The monoisotopic (exact) mass is 662 g/mol. The molecule has 0 radical (unpaired) electrons. The predicted molar refractivity (Wildman–Crippen MR) is 182 cm³/mol. The van der Waals surface area contributed by atoms with E-state index in [0.717, 1.165) is 60.7 Å². The van der Waals surface area contributed by atoms with E-state index in [1.807, 2.05) is 36.4 Å². The summed E-state index contributed by atoms with van der Waals surface area (Å²) in [5.74, 6) is 1.60. The molecule has 3 N–H and O–H groups in total. The maximum absolute atomic E-state index is 14.0. The van der Waals surface area contributed by atoms with Gasteiger partial charge in [-0.1, -0.05) is 44.2 Å². The number of aliphatic carboxylic acids is 1. The molecule has 4 aliphatic rings. The lowest BCUT2D eigenvalue weighted by atomic mass is 9.48. The molecule has 48 heavy (non-hydrogen) atoms. The predicted octanol–water partition coefficient (Wildman–Crippen LogP) is 5.60. The number of carbonyl (C=O) groups excluding carboxylic acids is 2. The summed E-state index contributed by atoms with van der Waals surface area (Å²) in [5, 5.41) is 17.1. The molecule has 0 spiro atoms. The Morgan fingerprint density at radius 3 is 2.33 bits per heavy atom. The topological polar surface area (TPSA) is 132 Å². The van der Waals surface area contributed by atoms with E-state index in [9.17, 15) is 14.4 Å². The summed E-state index contributed by atoms with van der Waals surface area (Å²) in [4.78, 5) is 36.6. The third kappa shape index (κ3) is 7.12. The fraction of sp³-hybridized carbons (Fsp3) is 0.605. The highest BCUT2D eigenvalue weighted by Gasteiger charge is 2.60. The highest BCUT2D eigenvalue weighted by Crippen LogP contribution is 2.65. The lowest BCUT2D eigenvalue weighted by Crippen LogP contribution is -2.59. The number of ether oxygens (including phenoxy) is 4. The van der Waals surface area contributed by atoms with Gasteiger partial charge in [0.05, 0.1) is 46.1 Å². The molecule has 0 unspecified atom stereocenters. The van der Waals surface area contributed by atoms with Gasteiger partial charge < -0.3 is 34.7 Å². The lowest BCUT2D eigenvalue weighted by Gasteiger charge is -2.58. The summed E-state index contributed by atoms with van der Waals surface area (Å²) in [6.45, 7) is 7.22. The molecule has 0 aromatic heterocycles. The molecule has 0 bridgehead atoms. The van der Waals surface area contributed by atoms with Crippen LogP contribution in [0.2, 0.25) is 0 Å². The lowest BCUT2D eigenvalue weighted by molar-refractivity contribution is -0.138. The molecule has 10 heteroatoms. The van der Waals surface area contributed by atoms with Crippen LogP contribution in [0, 0.1) is 34.5 Å². The van der Waals surface area contributed by atoms with Crippen LogP contribution in [-0.4, -0.2) is 75.2 Å². The number of hydrogen-bond donors (Lipinski definition) is 3. The van der Waals surface area contributed by atoms with Gasteiger partial charge >= 0.3 is 5.97 Å². The maximum Gasteiger partial charge on any atom is 0.305 e. The van der Waals surface area contributed by atoms with Crippen LogP contribution in [0.5, 0.6) is 5.75 Å². The molecule has 3 fully saturated rings. The summed E-state index contributed by atoms with van der Waals surface area (Å²) in [6.07, 6.45) is 10.1. The number of fused-ring (bicyclic) bond motifs is 6. The van der Waals surface area contributed by atoms with E-state index in [2.05, 4.69) is 30.6 Å². The molecule has 3 saturated carbocycles. The van der Waals surface area contributed by atoms with Crippen LogP contribution < -0.4 is 15.4 Å². The van der Waals surface area contributed by atoms with Crippen molar-refractivity contribution in [3.63, 3.8) is 0 Å². The molecule has 1 aliphatic heterocycles. The number of carboxylic acid groups (broad SMARTS) is 1. The molecule has 2 amide bonds. The van der Waals surface area contributed by atoms with Gasteiger partial charge in [-0.25, -0.2) is 0 Å². The largest absolute Gasteiger partial charge is 0.491 e. The van der Waals surface area contributed by atoms with Gasteiger partial charge in [0.25, 0.3) is 0 Å². The number of rotatable bonds is 15. The number of carboxylic acids is 1. The second kappa shape index (κ2) is 15.0. The summed E-state index contributed by atoms with van der Waals surface area (Å²) in [7, 11) is 0. The number of carbonyl (C=O) groups is 3. The first-order chi connectivity index (χ1) is 23.2.